The molecule has 0 spiro atoms. The molecule has 0 bridgehead atoms. The molecule has 1 aromatic heterocycles. The maximum Gasteiger partial charge on any atom is 0.309 e. The molecule has 0 saturated heterocycles. The molecule has 1 heterocycles. The third-order valence-electron chi connectivity index (χ3n) is 3.53. The number of fused-ring (bicyclic) bond motifs is 1. The number of nitrogens with one attached hydrogen (secondary N) is 1. The minimum Gasteiger partial charge on any atom is -0.466 e. The Hall–Kier alpha value is -1.97. The van der Waals surface area contributed by atoms with Crippen LogP contribution in [-0.4, -0.2) is 17.6 Å². The number of esters is 1. The van der Waals surface area contributed by atoms with Crippen molar-refractivity contribution in [1.82, 2.24) is 4.98 Å². The summed E-state index contributed by atoms with van der Waals surface area (Å²) >= 11 is 0. The first-order valence-corrected chi connectivity index (χ1v) is 6.62. The zero-order valence-corrected chi connectivity index (χ0v) is 11.2. The largest absolute Gasteiger partial charge is 0.466 e. The number of allylic oxidation sites excluding steroid dienone is 1. The van der Waals surface area contributed by atoms with Gasteiger partial charge < -0.3 is 15.5 Å². The summed E-state index contributed by atoms with van der Waals surface area (Å²) < 4.78 is 5.11. The van der Waals surface area contributed by atoms with Crippen LogP contribution in [-0.2, 0) is 22.4 Å². The van der Waals surface area contributed by atoms with E-state index >= 15 is 0 Å². The fourth-order valence-corrected chi connectivity index (χ4v) is 2.64. The number of rotatable bonds is 3. The molecule has 0 fully saturated rings. The molecule has 1 aromatic rings. The van der Waals surface area contributed by atoms with Crippen LogP contribution in [0, 0.1) is 5.92 Å². The maximum atomic E-state index is 11.8. The van der Waals surface area contributed by atoms with Crippen LogP contribution >= 0.6 is 0 Å². The standard InChI is InChI=1S/C15H20N2O2/c1-3-5-13-12(9-16)11-8-10(15(18)19-4-2)6-7-14(11)17-13/h3,5,9-10,17H,1,4,6-8,16H2,2H3/b12-9-,13-5+. The summed E-state index contributed by atoms with van der Waals surface area (Å²) in [6, 6.07) is 0. The van der Waals surface area contributed by atoms with E-state index in [1.54, 1.807) is 12.3 Å². The van der Waals surface area contributed by atoms with E-state index in [9.17, 15) is 4.79 Å². The van der Waals surface area contributed by atoms with Gasteiger partial charge in [0.15, 0.2) is 0 Å². The van der Waals surface area contributed by atoms with Crippen molar-refractivity contribution in [3.05, 3.63) is 34.5 Å². The lowest BCUT2D eigenvalue weighted by Crippen LogP contribution is -2.30. The number of ether oxygens (including phenoxy) is 1. The molecule has 0 saturated carbocycles. The molecular weight excluding hydrogens is 240 g/mol. The number of nitrogens with two attached hydrogens (primary N) is 1. The van der Waals surface area contributed by atoms with Crippen molar-refractivity contribution < 1.29 is 9.53 Å². The molecule has 1 aliphatic carbocycles. The second kappa shape index (κ2) is 5.78. The molecule has 1 unspecified atom stereocenters. The van der Waals surface area contributed by atoms with Gasteiger partial charge in [-0.25, -0.2) is 0 Å². The van der Waals surface area contributed by atoms with Crippen LogP contribution in [0.15, 0.2) is 12.7 Å². The lowest BCUT2D eigenvalue weighted by atomic mass is 9.87. The predicted octanol–water partition coefficient (Wildman–Crippen LogP) is 0.346. The van der Waals surface area contributed by atoms with E-state index in [0.717, 1.165) is 29.0 Å². The molecule has 2 rings (SSSR count). The maximum absolute atomic E-state index is 11.8. The molecule has 0 aromatic carbocycles. The quantitative estimate of drug-likeness (QED) is 0.770. The molecule has 0 radical (unpaired) electrons. The number of aromatic amines is 1. The van der Waals surface area contributed by atoms with Gasteiger partial charge in [-0.05, 0) is 37.8 Å². The van der Waals surface area contributed by atoms with E-state index in [1.165, 1.54) is 5.69 Å². The van der Waals surface area contributed by atoms with E-state index in [2.05, 4.69) is 11.6 Å². The summed E-state index contributed by atoms with van der Waals surface area (Å²) in [5.74, 6) is -0.162. The van der Waals surface area contributed by atoms with Crippen molar-refractivity contribution in [2.24, 2.45) is 11.7 Å². The van der Waals surface area contributed by atoms with Crippen molar-refractivity contribution in [2.75, 3.05) is 6.61 Å². The van der Waals surface area contributed by atoms with E-state index in [0.29, 0.717) is 13.0 Å². The van der Waals surface area contributed by atoms with Crippen LogP contribution in [0.1, 0.15) is 24.6 Å². The number of H-pyrrole nitrogens is 1. The third-order valence-corrected chi connectivity index (χ3v) is 3.53. The van der Waals surface area contributed by atoms with Gasteiger partial charge in [0.2, 0.25) is 0 Å². The first kappa shape index (κ1) is 13.5. The SMILES string of the molecule is C=C/C=c1/[nH]c2c(/c1=C/N)CC(C(=O)OCC)CC2. The highest BCUT2D eigenvalue weighted by Gasteiger charge is 2.27. The first-order chi connectivity index (χ1) is 9.21. The monoisotopic (exact) mass is 260 g/mol. The van der Waals surface area contributed by atoms with E-state index < -0.39 is 0 Å². The van der Waals surface area contributed by atoms with Crippen molar-refractivity contribution in [1.29, 1.82) is 0 Å². The van der Waals surface area contributed by atoms with Crippen molar-refractivity contribution in [2.45, 2.75) is 26.2 Å². The highest BCUT2D eigenvalue weighted by atomic mass is 16.5. The van der Waals surface area contributed by atoms with E-state index in [-0.39, 0.29) is 11.9 Å². The van der Waals surface area contributed by atoms with Crippen LogP contribution in [0.2, 0.25) is 0 Å². The Balaban J connectivity index is 2.37. The van der Waals surface area contributed by atoms with Gasteiger partial charge in [0.05, 0.1) is 12.5 Å². The molecule has 4 nitrogen and oxygen atoms in total. The van der Waals surface area contributed by atoms with Gasteiger partial charge in [-0.3, -0.25) is 4.79 Å². The molecule has 102 valence electrons. The lowest BCUT2D eigenvalue weighted by molar-refractivity contribution is -0.148. The normalized spacial score (nSPS) is 20.2. The van der Waals surface area contributed by atoms with Crippen LogP contribution in [0.5, 0.6) is 0 Å². The van der Waals surface area contributed by atoms with Crippen LogP contribution in [0.3, 0.4) is 0 Å². The predicted molar refractivity (Wildman–Crippen MR) is 75.5 cm³/mol. The van der Waals surface area contributed by atoms with E-state index in [1.807, 2.05) is 13.0 Å². The van der Waals surface area contributed by atoms with Crippen molar-refractivity contribution in [3.8, 4) is 0 Å². The molecule has 1 aliphatic rings. The summed E-state index contributed by atoms with van der Waals surface area (Å²) in [6.45, 7) is 5.96. The highest BCUT2D eigenvalue weighted by Crippen LogP contribution is 2.22. The Kier molecular flexibility index (Phi) is 4.10. The van der Waals surface area contributed by atoms with E-state index in [4.69, 9.17) is 10.5 Å². The molecule has 19 heavy (non-hydrogen) atoms. The Morgan fingerprint density at radius 2 is 2.42 bits per heavy atom. The van der Waals surface area contributed by atoms with Crippen molar-refractivity contribution in [3.63, 3.8) is 0 Å². The first-order valence-electron chi connectivity index (χ1n) is 6.62. The van der Waals surface area contributed by atoms with Crippen molar-refractivity contribution >= 4 is 18.2 Å². The number of carbonyl (C=O) groups is 1. The van der Waals surface area contributed by atoms with Crippen LogP contribution in [0.25, 0.3) is 12.3 Å². The fourth-order valence-electron chi connectivity index (χ4n) is 2.64. The van der Waals surface area contributed by atoms with Crippen LogP contribution < -0.4 is 16.3 Å². The Labute approximate surface area is 112 Å². The summed E-state index contributed by atoms with van der Waals surface area (Å²) in [6.07, 6.45) is 7.59. The minimum absolute atomic E-state index is 0.0569. The van der Waals surface area contributed by atoms with Gasteiger partial charge in [0.1, 0.15) is 0 Å². The molecular formula is C15H20N2O2. The van der Waals surface area contributed by atoms with Gasteiger partial charge in [0, 0.05) is 22.5 Å². The second-order valence-electron chi connectivity index (χ2n) is 4.67. The smallest absolute Gasteiger partial charge is 0.309 e. The lowest BCUT2D eigenvalue weighted by Gasteiger charge is -2.20. The summed E-state index contributed by atoms with van der Waals surface area (Å²) in [4.78, 5) is 15.2. The second-order valence-corrected chi connectivity index (χ2v) is 4.67. The Morgan fingerprint density at radius 1 is 1.63 bits per heavy atom. The molecule has 3 N–H and O–H groups in total. The number of aryl methyl sites for hydroxylation is 1. The fraction of sp³-hybridized carbons (Fsp3) is 0.400. The van der Waals surface area contributed by atoms with Gasteiger partial charge in [-0.1, -0.05) is 12.7 Å². The third kappa shape index (κ3) is 2.57. The van der Waals surface area contributed by atoms with Gasteiger partial charge >= 0.3 is 5.97 Å². The zero-order valence-electron chi connectivity index (χ0n) is 11.2. The summed E-state index contributed by atoms with van der Waals surface area (Å²) in [7, 11) is 0. The molecule has 4 heteroatoms. The van der Waals surface area contributed by atoms with Gasteiger partial charge in [-0.2, -0.15) is 0 Å². The van der Waals surface area contributed by atoms with Gasteiger partial charge in [0.25, 0.3) is 0 Å². The zero-order chi connectivity index (χ0) is 13.8. The Morgan fingerprint density at radius 3 is 3.05 bits per heavy atom. The highest BCUT2D eigenvalue weighted by molar-refractivity contribution is 5.73. The molecule has 0 amide bonds. The topological polar surface area (TPSA) is 68.1 Å². The summed E-state index contributed by atoms with van der Waals surface area (Å²) in [5.41, 5.74) is 8.02. The number of aromatic nitrogens is 1. The number of hydrogen-bond acceptors (Lipinski definition) is 3. The molecule has 1 atom stereocenters. The van der Waals surface area contributed by atoms with Gasteiger partial charge in [-0.15, -0.1) is 0 Å². The molecule has 0 aliphatic heterocycles. The number of hydrogen-bond donors (Lipinski definition) is 2. The average molecular weight is 260 g/mol. The average Bonchev–Trinajstić information content (AvgIpc) is 2.75. The number of carbonyl (C=O) groups excluding carboxylic acids is 1. The summed E-state index contributed by atoms with van der Waals surface area (Å²) in [5, 5.41) is 1.94. The minimum atomic E-state index is -0.105. The Bertz CT molecular complexity index is 598. The van der Waals surface area contributed by atoms with Crippen LogP contribution in [0.4, 0.5) is 0 Å².